The highest BCUT2D eigenvalue weighted by Gasteiger charge is 2.48. The average Bonchev–Trinajstić information content (AvgIpc) is 2.76. The number of aliphatic hydroxyl groups is 1. The van der Waals surface area contributed by atoms with Gasteiger partial charge in [0.05, 0.1) is 12.2 Å². The van der Waals surface area contributed by atoms with Crippen molar-refractivity contribution < 1.29 is 38.3 Å². The minimum absolute atomic E-state index is 0.105. The molecule has 1 aromatic heterocycles. The van der Waals surface area contributed by atoms with Crippen molar-refractivity contribution in [2.45, 2.75) is 31.3 Å². The van der Waals surface area contributed by atoms with Gasteiger partial charge in [0.1, 0.15) is 18.3 Å². The highest BCUT2D eigenvalue weighted by Crippen LogP contribution is 2.39. The van der Waals surface area contributed by atoms with Crippen LogP contribution in [0.3, 0.4) is 0 Å². The second-order valence-electron chi connectivity index (χ2n) is 5.40. The number of aromatic amines is 1. The zero-order valence-electron chi connectivity index (χ0n) is 13.2. The van der Waals surface area contributed by atoms with Crippen LogP contribution in [0.2, 0.25) is 0 Å². The minimum Gasteiger partial charge on any atom is -0.457 e. The molecular formula is C12H17N2O10P. The number of nitrogens with zero attached hydrogens (tertiary/aromatic N) is 1. The van der Waals surface area contributed by atoms with E-state index >= 15 is 0 Å². The fourth-order valence-electron chi connectivity index (χ4n) is 2.40. The normalized spacial score (nSPS) is 26.6. The monoisotopic (exact) mass is 380 g/mol. The number of aryl methyl sites for hydroxylation is 1. The van der Waals surface area contributed by atoms with Gasteiger partial charge < -0.3 is 28.9 Å². The van der Waals surface area contributed by atoms with Crippen molar-refractivity contribution in [1.29, 1.82) is 0 Å². The van der Waals surface area contributed by atoms with Crippen molar-refractivity contribution in [2.75, 3.05) is 6.61 Å². The van der Waals surface area contributed by atoms with Crippen LogP contribution < -0.4 is 11.2 Å². The lowest BCUT2D eigenvalue weighted by Gasteiger charge is -2.20. The number of aromatic nitrogens is 2. The molecule has 1 aromatic rings. The number of carbonyl (C=O) groups excluding carboxylic acids is 1. The van der Waals surface area contributed by atoms with E-state index in [1.54, 1.807) is 0 Å². The molecule has 0 unspecified atom stereocenters. The number of carbonyl (C=O) groups is 1. The van der Waals surface area contributed by atoms with Crippen LogP contribution in [-0.2, 0) is 30.4 Å². The number of nitrogens with one attached hydrogen (secondary N) is 1. The first-order chi connectivity index (χ1) is 11.5. The van der Waals surface area contributed by atoms with Crippen LogP contribution in [0.1, 0.15) is 18.6 Å². The number of aliphatic hydroxyl groups excluding tert-OH is 1. The van der Waals surface area contributed by atoms with Gasteiger partial charge in [-0.2, -0.15) is 0 Å². The Balaban J connectivity index is 2.35. The number of rotatable bonds is 5. The van der Waals surface area contributed by atoms with Crippen LogP contribution in [0, 0.1) is 0 Å². The van der Waals surface area contributed by atoms with Gasteiger partial charge >= 0.3 is 19.5 Å². The number of esters is 1. The molecule has 25 heavy (non-hydrogen) atoms. The quantitative estimate of drug-likeness (QED) is 0.327. The maximum absolute atomic E-state index is 12.0. The third kappa shape index (κ3) is 4.63. The Morgan fingerprint density at radius 3 is 2.64 bits per heavy atom. The number of H-pyrrole nitrogens is 1. The number of ether oxygens (including phenoxy) is 2. The van der Waals surface area contributed by atoms with Crippen LogP contribution in [0.4, 0.5) is 0 Å². The fraction of sp³-hybridized carbons (Fsp3) is 0.583. The zero-order chi connectivity index (χ0) is 18.9. The summed E-state index contributed by atoms with van der Waals surface area (Å²) in [6.07, 6.45) is -4.24. The predicted octanol–water partition coefficient (Wildman–Crippen LogP) is -2.08. The maximum atomic E-state index is 12.0. The van der Waals surface area contributed by atoms with Gasteiger partial charge in [0.15, 0.2) is 6.10 Å². The summed E-state index contributed by atoms with van der Waals surface area (Å²) in [5, 5.41) is 10.2. The Labute approximate surface area is 140 Å². The van der Waals surface area contributed by atoms with Gasteiger partial charge in [-0.15, -0.1) is 0 Å². The molecule has 2 heterocycles. The van der Waals surface area contributed by atoms with Gasteiger partial charge in [-0.25, -0.2) is 9.36 Å². The molecule has 13 heteroatoms. The molecule has 2 rings (SSSR count). The molecule has 1 saturated heterocycles. The molecule has 0 amide bonds. The molecule has 0 radical (unpaired) electrons. The van der Waals surface area contributed by atoms with Gasteiger partial charge in [-0.05, 0) is 0 Å². The first kappa shape index (κ1) is 19.5. The van der Waals surface area contributed by atoms with Gasteiger partial charge in [0.25, 0.3) is 5.56 Å². The number of phosphoric ester groups is 1. The minimum atomic E-state index is -4.82. The lowest BCUT2D eigenvalue weighted by molar-refractivity contribution is -0.153. The molecule has 12 nitrogen and oxygen atoms in total. The van der Waals surface area contributed by atoms with Crippen LogP contribution in [-0.4, -0.2) is 55.3 Å². The molecular weight excluding hydrogens is 363 g/mol. The van der Waals surface area contributed by atoms with E-state index in [1.165, 1.54) is 7.05 Å². The molecule has 1 fully saturated rings. The number of hydrogen-bond donors (Lipinski definition) is 4. The first-order valence-corrected chi connectivity index (χ1v) is 8.53. The standard InChI is InChI=1S/C12H17N2O10P/c1-5(15)23-10-8(16)7(4-22-25(19,20)21)24-9(10)6-3-14(2)12(18)13-11(6)17/h3,7-10,16H,4H2,1-2H3,(H,13,17,18)(H2,19,20,21)/t7-,8-,9+,10-/m1/s1. The Morgan fingerprint density at radius 2 is 2.08 bits per heavy atom. The smallest absolute Gasteiger partial charge is 0.457 e. The molecule has 0 spiro atoms. The molecule has 1 aliphatic rings. The van der Waals surface area contributed by atoms with E-state index in [1.807, 2.05) is 4.98 Å². The van der Waals surface area contributed by atoms with Crippen LogP contribution >= 0.6 is 7.82 Å². The average molecular weight is 380 g/mol. The third-order valence-corrected chi connectivity index (χ3v) is 3.97. The highest BCUT2D eigenvalue weighted by molar-refractivity contribution is 7.46. The van der Waals surface area contributed by atoms with Gasteiger partial charge in [0.2, 0.25) is 0 Å². The lowest BCUT2D eigenvalue weighted by Crippen LogP contribution is -2.38. The Kier molecular flexibility index (Phi) is 5.62. The predicted molar refractivity (Wildman–Crippen MR) is 79.5 cm³/mol. The van der Waals surface area contributed by atoms with Crippen molar-refractivity contribution in [1.82, 2.24) is 9.55 Å². The molecule has 0 bridgehead atoms. The fourth-order valence-corrected chi connectivity index (χ4v) is 2.75. The van der Waals surface area contributed by atoms with E-state index in [2.05, 4.69) is 4.52 Å². The summed E-state index contributed by atoms with van der Waals surface area (Å²) in [5.74, 6) is -0.768. The summed E-state index contributed by atoms with van der Waals surface area (Å²) >= 11 is 0. The van der Waals surface area contributed by atoms with Gasteiger partial charge in [-0.3, -0.25) is 19.1 Å². The maximum Gasteiger partial charge on any atom is 0.469 e. The molecule has 0 aliphatic carbocycles. The Bertz CT molecular complexity index is 811. The van der Waals surface area contributed by atoms with Crippen LogP contribution in [0.5, 0.6) is 0 Å². The van der Waals surface area contributed by atoms with E-state index in [9.17, 15) is 24.1 Å². The first-order valence-electron chi connectivity index (χ1n) is 7.00. The van der Waals surface area contributed by atoms with Crippen LogP contribution in [0.15, 0.2) is 15.8 Å². The van der Waals surface area contributed by atoms with Crippen molar-refractivity contribution in [3.8, 4) is 0 Å². The number of phosphoric acid groups is 1. The SMILES string of the molecule is CC(=O)O[C@@H]1[C@H](O)[C@@H](COP(=O)(O)O)O[C@H]1c1cn(C)c(=O)[nH]c1=O. The van der Waals surface area contributed by atoms with Crippen molar-refractivity contribution in [3.63, 3.8) is 0 Å². The lowest BCUT2D eigenvalue weighted by atomic mass is 10.0. The molecule has 0 saturated carbocycles. The van der Waals surface area contributed by atoms with E-state index < -0.39 is 56.1 Å². The zero-order valence-corrected chi connectivity index (χ0v) is 14.1. The van der Waals surface area contributed by atoms with E-state index in [4.69, 9.17) is 19.3 Å². The summed E-state index contributed by atoms with van der Waals surface area (Å²) in [6.45, 7) is 0.373. The van der Waals surface area contributed by atoms with Gasteiger partial charge in [-0.1, -0.05) is 0 Å². The summed E-state index contributed by atoms with van der Waals surface area (Å²) in [6, 6.07) is 0. The highest BCUT2D eigenvalue weighted by atomic mass is 31.2. The molecule has 1 aliphatic heterocycles. The topological polar surface area (TPSA) is 177 Å². The second-order valence-corrected chi connectivity index (χ2v) is 6.64. The molecule has 140 valence electrons. The van der Waals surface area contributed by atoms with E-state index in [-0.39, 0.29) is 5.56 Å². The van der Waals surface area contributed by atoms with Crippen molar-refractivity contribution in [2.24, 2.45) is 7.05 Å². The molecule has 0 aromatic carbocycles. The molecule has 4 atom stereocenters. The van der Waals surface area contributed by atoms with E-state index in [0.717, 1.165) is 17.7 Å². The Hall–Kier alpha value is -1.82. The molecule has 4 N–H and O–H groups in total. The summed E-state index contributed by atoms with van der Waals surface area (Å²) < 4.78 is 26.5. The summed E-state index contributed by atoms with van der Waals surface area (Å²) in [4.78, 5) is 54.2. The third-order valence-electron chi connectivity index (χ3n) is 3.49. The summed E-state index contributed by atoms with van der Waals surface area (Å²) in [7, 11) is -3.46. The summed E-state index contributed by atoms with van der Waals surface area (Å²) in [5.41, 5.74) is -1.60. The Morgan fingerprint density at radius 1 is 1.44 bits per heavy atom. The van der Waals surface area contributed by atoms with Crippen LogP contribution in [0.25, 0.3) is 0 Å². The van der Waals surface area contributed by atoms with E-state index in [0.29, 0.717) is 0 Å². The van der Waals surface area contributed by atoms with Crippen molar-refractivity contribution in [3.05, 3.63) is 32.6 Å². The largest absolute Gasteiger partial charge is 0.469 e. The van der Waals surface area contributed by atoms with Crippen molar-refractivity contribution >= 4 is 13.8 Å². The van der Waals surface area contributed by atoms with Gasteiger partial charge in [0, 0.05) is 20.2 Å². The second kappa shape index (κ2) is 7.20. The number of hydrogen-bond acceptors (Lipinski definition) is 8.